The number of anilines is 1. The van der Waals surface area contributed by atoms with Gasteiger partial charge in [0.05, 0.1) is 5.02 Å². The molecule has 1 N–H and O–H groups in total. The van der Waals surface area contributed by atoms with Crippen molar-refractivity contribution >= 4 is 33.3 Å². The third-order valence-electron chi connectivity index (χ3n) is 2.65. The number of nitrogens with zero attached hydrogens (tertiary/aromatic N) is 2. The number of hydrogen-bond donors (Lipinski definition) is 1. The molecule has 17 heavy (non-hydrogen) atoms. The highest BCUT2D eigenvalue weighted by molar-refractivity contribution is 9.10. The molecule has 0 saturated heterocycles. The SMILES string of the molecule is CCN(CC)CCCNc1ncc(Br)cc1Cl. The van der Waals surface area contributed by atoms with Gasteiger partial charge in [-0.25, -0.2) is 4.98 Å². The Hall–Kier alpha value is -0.320. The third kappa shape index (κ3) is 5.23. The van der Waals surface area contributed by atoms with Gasteiger partial charge < -0.3 is 10.2 Å². The van der Waals surface area contributed by atoms with E-state index < -0.39 is 0 Å². The van der Waals surface area contributed by atoms with Crippen molar-refractivity contribution in [1.29, 1.82) is 0 Å². The number of rotatable bonds is 7. The van der Waals surface area contributed by atoms with Gasteiger partial charge in [0.1, 0.15) is 5.82 Å². The van der Waals surface area contributed by atoms with E-state index in [2.05, 4.69) is 45.0 Å². The molecule has 96 valence electrons. The van der Waals surface area contributed by atoms with Crippen molar-refractivity contribution in [1.82, 2.24) is 9.88 Å². The number of halogens is 2. The maximum atomic E-state index is 6.06. The van der Waals surface area contributed by atoms with Crippen LogP contribution in [0.5, 0.6) is 0 Å². The maximum absolute atomic E-state index is 6.06. The van der Waals surface area contributed by atoms with Gasteiger partial charge in [0, 0.05) is 17.2 Å². The van der Waals surface area contributed by atoms with Crippen LogP contribution >= 0.6 is 27.5 Å². The molecule has 1 aromatic heterocycles. The molecular formula is C12H19BrClN3. The lowest BCUT2D eigenvalue weighted by molar-refractivity contribution is 0.303. The van der Waals surface area contributed by atoms with Crippen LogP contribution in [0.1, 0.15) is 20.3 Å². The van der Waals surface area contributed by atoms with Crippen LogP contribution in [-0.4, -0.2) is 36.1 Å². The summed E-state index contributed by atoms with van der Waals surface area (Å²) in [5, 5.41) is 3.91. The zero-order valence-electron chi connectivity index (χ0n) is 10.3. The van der Waals surface area contributed by atoms with Crippen LogP contribution < -0.4 is 5.32 Å². The summed E-state index contributed by atoms with van der Waals surface area (Å²) in [4.78, 5) is 6.63. The van der Waals surface area contributed by atoms with E-state index in [4.69, 9.17) is 11.6 Å². The van der Waals surface area contributed by atoms with Crippen molar-refractivity contribution in [2.75, 3.05) is 31.5 Å². The van der Waals surface area contributed by atoms with E-state index in [0.29, 0.717) is 5.02 Å². The molecule has 5 heteroatoms. The molecule has 0 unspecified atom stereocenters. The van der Waals surface area contributed by atoms with E-state index in [0.717, 1.165) is 42.9 Å². The van der Waals surface area contributed by atoms with Gasteiger partial charge >= 0.3 is 0 Å². The normalized spacial score (nSPS) is 10.9. The predicted molar refractivity (Wildman–Crippen MR) is 77.8 cm³/mol. The van der Waals surface area contributed by atoms with Gasteiger partial charge in [-0.3, -0.25) is 0 Å². The monoisotopic (exact) mass is 319 g/mol. The third-order valence-corrected chi connectivity index (χ3v) is 3.37. The maximum Gasteiger partial charge on any atom is 0.144 e. The summed E-state index contributed by atoms with van der Waals surface area (Å²) in [6.45, 7) is 8.58. The van der Waals surface area contributed by atoms with Crippen LogP contribution in [0.2, 0.25) is 5.02 Å². The molecule has 0 aliphatic heterocycles. The van der Waals surface area contributed by atoms with Crippen molar-refractivity contribution in [3.8, 4) is 0 Å². The average molecular weight is 321 g/mol. The second-order valence-corrected chi connectivity index (χ2v) is 5.11. The largest absolute Gasteiger partial charge is 0.369 e. The molecule has 1 aromatic rings. The first-order valence-electron chi connectivity index (χ1n) is 5.94. The molecule has 0 radical (unpaired) electrons. The van der Waals surface area contributed by atoms with Crippen molar-refractivity contribution in [3.05, 3.63) is 21.8 Å². The Bertz CT molecular complexity index is 343. The Balaban J connectivity index is 2.31. The second-order valence-electron chi connectivity index (χ2n) is 3.79. The number of nitrogens with one attached hydrogen (secondary N) is 1. The number of aromatic nitrogens is 1. The predicted octanol–water partition coefficient (Wildman–Crippen LogP) is 3.64. The highest BCUT2D eigenvalue weighted by atomic mass is 79.9. The lowest BCUT2D eigenvalue weighted by atomic mass is 10.3. The average Bonchev–Trinajstić information content (AvgIpc) is 2.32. The van der Waals surface area contributed by atoms with Crippen LogP contribution in [0.3, 0.4) is 0 Å². The van der Waals surface area contributed by atoms with Crippen molar-refractivity contribution in [3.63, 3.8) is 0 Å². The van der Waals surface area contributed by atoms with Crippen molar-refractivity contribution in [2.24, 2.45) is 0 Å². The minimum Gasteiger partial charge on any atom is -0.369 e. The molecule has 0 fully saturated rings. The molecule has 3 nitrogen and oxygen atoms in total. The van der Waals surface area contributed by atoms with Gasteiger partial charge in [0.15, 0.2) is 0 Å². The van der Waals surface area contributed by atoms with Crippen molar-refractivity contribution in [2.45, 2.75) is 20.3 Å². The highest BCUT2D eigenvalue weighted by Crippen LogP contribution is 2.22. The van der Waals surface area contributed by atoms with E-state index >= 15 is 0 Å². The first-order chi connectivity index (χ1) is 8.17. The molecule has 1 heterocycles. The topological polar surface area (TPSA) is 28.2 Å². The van der Waals surface area contributed by atoms with Gasteiger partial charge in [0.25, 0.3) is 0 Å². The summed E-state index contributed by atoms with van der Waals surface area (Å²) in [7, 11) is 0. The zero-order chi connectivity index (χ0) is 12.7. The summed E-state index contributed by atoms with van der Waals surface area (Å²) in [5.74, 6) is 0.759. The number of pyridine rings is 1. The molecule has 0 aliphatic rings. The molecule has 0 amide bonds. The highest BCUT2D eigenvalue weighted by Gasteiger charge is 2.02. The molecule has 0 bridgehead atoms. The minimum atomic E-state index is 0.655. The summed E-state index contributed by atoms with van der Waals surface area (Å²) in [6.07, 6.45) is 2.84. The molecule has 0 aromatic carbocycles. The Morgan fingerprint density at radius 1 is 1.41 bits per heavy atom. The van der Waals surface area contributed by atoms with Crippen LogP contribution in [0.15, 0.2) is 16.7 Å². The fraction of sp³-hybridized carbons (Fsp3) is 0.583. The molecule has 0 saturated carbocycles. The Kier molecular flexibility index (Phi) is 6.85. The smallest absolute Gasteiger partial charge is 0.144 e. The molecule has 0 atom stereocenters. The van der Waals surface area contributed by atoms with Crippen molar-refractivity contribution < 1.29 is 0 Å². The fourth-order valence-corrected chi connectivity index (χ4v) is 2.29. The van der Waals surface area contributed by atoms with Crippen LogP contribution in [0.4, 0.5) is 5.82 Å². The van der Waals surface area contributed by atoms with E-state index in [1.165, 1.54) is 0 Å². The minimum absolute atomic E-state index is 0.655. The standard InChI is InChI=1S/C12H19BrClN3/c1-3-17(4-2)7-5-6-15-12-11(14)8-10(13)9-16-12/h8-9H,3-7H2,1-2H3,(H,15,16). The zero-order valence-corrected chi connectivity index (χ0v) is 12.7. The fourth-order valence-electron chi connectivity index (χ4n) is 1.59. The summed E-state index contributed by atoms with van der Waals surface area (Å²) >= 11 is 9.39. The number of hydrogen-bond acceptors (Lipinski definition) is 3. The van der Waals surface area contributed by atoms with E-state index in [1.54, 1.807) is 6.20 Å². The molecule has 0 spiro atoms. The van der Waals surface area contributed by atoms with E-state index in [9.17, 15) is 0 Å². The Morgan fingerprint density at radius 2 is 2.12 bits per heavy atom. The van der Waals surface area contributed by atoms with Crippen LogP contribution in [0, 0.1) is 0 Å². The molecular weight excluding hydrogens is 302 g/mol. The summed E-state index contributed by atoms with van der Waals surface area (Å²) in [6, 6.07) is 1.85. The van der Waals surface area contributed by atoms with Gasteiger partial charge in [-0.05, 0) is 48.1 Å². The summed E-state index contributed by atoms with van der Waals surface area (Å²) < 4.78 is 0.899. The molecule has 1 rings (SSSR count). The lowest BCUT2D eigenvalue weighted by Gasteiger charge is -2.17. The Labute approximate surface area is 117 Å². The van der Waals surface area contributed by atoms with Gasteiger partial charge in [-0.15, -0.1) is 0 Å². The van der Waals surface area contributed by atoms with Gasteiger partial charge in [0.2, 0.25) is 0 Å². The second kappa shape index (κ2) is 7.90. The van der Waals surface area contributed by atoms with E-state index in [1.807, 2.05) is 6.07 Å². The summed E-state index contributed by atoms with van der Waals surface area (Å²) in [5.41, 5.74) is 0. The first kappa shape index (κ1) is 14.7. The van der Waals surface area contributed by atoms with Crippen LogP contribution in [0.25, 0.3) is 0 Å². The van der Waals surface area contributed by atoms with Gasteiger partial charge in [-0.2, -0.15) is 0 Å². The van der Waals surface area contributed by atoms with Gasteiger partial charge in [-0.1, -0.05) is 25.4 Å². The first-order valence-corrected chi connectivity index (χ1v) is 7.11. The molecule has 0 aliphatic carbocycles. The Morgan fingerprint density at radius 3 is 2.71 bits per heavy atom. The van der Waals surface area contributed by atoms with Crippen LogP contribution in [-0.2, 0) is 0 Å². The van der Waals surface area contributed by atoms with E-state index in [-0.39, 0.29) is 0 Å². The quantitative estimate of drug-likeness (QED) is 0.777. The lowest BCUT2D eigenvalue weighted by Crippen LogP contribution is -2.25.